The van der Waals surface area contributed by atoms with Gasteiger partial charge in [0.1, 0.15) is 23.7 Å². The van der Waals surface area contributed by atoms with Crippen LogP contribution in [0.25, 0.3) is 0 Å². The summed E-state index contributed by atoms with van der Waals surface area (Å²) in [5.41, 5.74) is 2.26. The molecule has 0 unspecified atom stereocenters. The number of nitrogens with two attached hydrogens (primary N) is 1. The molecule has 0 spiro atoms. The van der Waals surface area contributed by atoms with Crippen LogP contribution in [0.5, 0.6) is 0 Å². The molecule has 0 saturated heterocycles. The second-order valence-electron chi connectivity index (χ2n) is 6.52. The molecule has 3 rings (SSSR count). The lowest BCUT2D eigenvalue weighted by molar-refractivity contribution is 0.00403. The van der Waals surface area contributed by atoms with Crippen LogP contribution in [0.15, 0.2) is 41.5 Å². The average Bonchev–Trinajstić information content (AvgIpc) is 2.61. The smallest absolute Gasteiger partial charge is 0.283 e. The molecule has 142 valence electrons. The number of nitrogens with one attached hydrogen (secondary N) is 1. The quantitative estimate of drug-likeness (QED) is 0.834. The maximum absolute atomic E-state index is 15.1. The van der Waals surface area contributed by atoms with Crippen LogP contribution in [0.3, 0.4) is 0 Å². The number of halogens is 3. The molecule has 3 N–H and O–H groups in total. The predicted molar refractivity (Wildman–Crippen MR) is 98.0 cm³/mol. The zero-order valence-electron chi connectivity index (χ0n) is 14.6. The molecule has 2 heterocycles. The van der Waals surface area contributed by atoms with Gasteiger partial charge in [-0.3, -0.25) is 4.79 Å². The zero-order chi connectivity index (χ0) is 19.8. The first-order chi connectivity index (χ1) is 12.6. The third-order valence-corrected chi connectivity index (χ3v) is 4.77. The summed E-state index contributed by atoms with van der Waals surface area (Å²) in [6.45, 7) is 2.31. The van der Waals surface area contributed by atoms with Crippen molar-refractivity contribution in [3.8, 4) is 0 Å². The lowest BCUT2D eigenvalue weighted by Gasteiger charge is -2.40. The van der Waals surface area contributed by atoms with E-state index in [-0.39, 0.29) is 29.6 Å². The van der Waals surface area contributed by atoms with Gasteiger partial charge in [0.05, 0.1) is 5.02 Å². The summed E-state index contributed by atoms with van der Waals surface area (Å²) in [5.74, 6) is -1.20. The number of amidine groups is 1. The molecule has 0 bridgehead atoms. The third kappa shape index (κ3) is 3.57. The Hall–Kier alpha value is -2.74. The number of amides is 1. The maximum Gasteiger partial charge on any atom is 0.283 e. The Bertz CT molecular complexity index is 918. The SMILES string of the molecule is C[C@]1(F)COC(N)=N[C@]1(C)c1cc(NC(=O)c2ccc(Cl)cn2)ccc1F. The molecule has 1 amide bonds. The van der Waals surface area contributed by atoms with Crippen LogP contribution in [-0.4, -0.2) is 29.2 Å². The van der Waals surface area contributed by atoms with Gasteiger partial charge in [-0.2, -0.15) is 0 Å². The van der Waals surface area contributed by atoms with E-state index in [1.165, 1.54) is 44.3 Å². The number of hydrogen-bond donors (Lipinski definition) is 2. The molecule has 0 aliphatic carbocycles. The van der Waals surface area contributed by atoms with E-state index in [4.69, 9.17) is 22.1 Å². The maximum atomic E-state index is 15.1. The van der Waals surface area contributed by atoms with E-state index in [9.17, 15) is 9.18 Å². The number of alkyl halides is 1. The molecule has 2 aromatic rings. The Labute approximate surface area is 159 Å². The summed E-state index contributed by atoms with van der Waals surface area (Å²) in [4.78, 5) is 20.2. The third-order valence-electron chi connectivity index (χ3n) is 4.55. The number of carbonyl (C=O) groups is 1. The molecule has 1 aliphatic heterocycles. The van der Waals surface area contributed by atoms with Crippen molar-refractivity contribution >= 4 is 29.2 Å². The van der Waals surface area contributed by atoms with Crippen LogP contribution < -0.4 is 11.1 Å². The van der Waals surface area contributed by atoms with Gasteiger partial charge in [0.15, 0.2) is 5.67 Å². The Morgan fingerprint density at radius 1 is 1.33 bits per heavy atom. The number of benzene rings is 1. The molecule has 27 heavy (non-hydrogen) atoms. The number of hydrogen-bond acceptors (Lipinski definition) is 5. The van der Waals surface area contributed by atoms with Crippen LogP contribution in [0, 0.1) is 5.82 Å². The Morgan fingerprint density at radius 3 is 2.74 bits per heavy atom. The summed E-state index contributed by atoms with van der Waals surface area (Å²) in [6.07, 6.45) is 1.33. The van der Waals surface area contributed by atoms with E-state index < -0.39 is 22.9 Å². The largest absolute Gasteiger partial charge is 0.462 e. The number of nitrogens with zero attached hydrogens (tertiary/aromatic N) is 2. The van der Waals surface area contributed by atoms with Gasteiger partial charge >= 0.3 is 0 Å². The number of carbonyl (C=O) groups excluding carboxylic acids is 1. The Morgan fingerprint density at radius 2 is 2.07 bits per heavy atom. The molecular formula is C18H17ClF2N4O2. The molecule has 6 nitrogen and oxygen atoms in total. The van der Waals surface area contributed by atoms with Crippen molar-refractivity contribution in [2.75, 3.05) is 11.9 Å². The molecule has 9 heteroatoms. The van der Waals surface area contributed by atoms with Gasteiger partial charge in [0, 0.05) is 17.4 Å². The molecule has 0 fully saturated rings. The predicted octanol–water partition coefficient (Wildman–Crippen LogP) is 3.41. The van der Waals surface area contributed by atoms with Crippen molar-refractivity contribution in [2.24, 2.45) is 10.7 Å². The normalized spacial score (nSPS) is 24.7. The van der Waals surface area contributed by atoms with E-state index in [1.807, 2.05) is 0 Å². The lowest BCUT2D eigenvalue weighted by Crippen LogP contribution is -2.52. The van der Waals surface area contributed by atoms with E-state index in [1.54, 1.807) is 0 Å². The van der Waals surface area contributed by atoms with Gasteiger partial charge in [0.25, 0.3) is 11.9 Å². The summed E-state index contributed by atoms with van der Waals surface area (Å²) >= 11 is 5.75. The second-order valence-corrected chi connectivity index (χ2v) is 6.96. The van der Waals surface area contributed by atoms with Crippen LogP contribution >= 0.6 is 11.6 Å². The Balaban J connectivity index is 1.96. The van der Waals surface area contributed by atoms with Gasteiger partial charge in [-0.15, -0.1) is 0 Å². The summed E-state index contributed by atoms with van der Waals surface area (Å²) in [7, 11) is 0. The van der Waals surface area contributed by atoms with Gasteiger partial charge in [-0.05, 0) is 44.2 Å². The number of aliphatic imine (C=N–C) groups is 1. The monoisotopic (exact) mass is 394 g/mol. The Kier molecular flexibility index (Phi) is 4.77. The van der Waals surface area contributed by atoms with Crippen LogP contribution in [0.1, 0.15) is 29.9 Å². The molecule has 1 aromatic heterocycles. The molecule has 1 aromatic carbocycles. The number of aromatic nitrogens is 1. The fraction of sp³-hybridized carbons (Fsp3) is 0.278. The highest BCUT2D eigenvalue weighted by atomic mass is 35.5. The van der Waals surface area contributed by atoms with Crippen molar-refractivity contribution < 1.29 is 18.3 Å². The standard InChI is InChI=1S/C18H17ClF2N4O2/c1-17(21)9-27-16(22)25-18(17,2)12-7-11(4-5-13(12)20)24-15(26)14-6-3-10(19)8-23-14/h3-8H,9H2,1-2H3,(H2,22,25)(H,24,26)/t17-,18+/m0/s1. The second kappa shape index (κ2) is 6.77. The van der Waals surface area contributed by atoms with Crippen molar-refractivity contribution in [1.82, 2.24) is 4.98 Å². The molecule has 0 saturated carbocycles. The van der Waals surface area contributed by atoms with Crippen LogP contribution in [-0.2, 0) is 10.3 Å². The van der Waals surface area contributed by atoms with Crippen molar-refractivity contribution in [3.63, 3.8) is 0 Å². The van der Waals surface area contributed by atoms with Crippen molar-refractivity contribution in [2.45, 2.75) is 25.1 Å². The fourth-order valence-electron chi connectivity index (χ4n) is 2.74. The minimum absolute atomic E-state index is 0.0550. The van der Waals surface area contributed by atoms with Crippen molar-refractivity contribution in [3.05, 3.63) is 58.6 Å². The highest BCUT2D eigenvalue weighted by molar-refractivity contribution is 6.30. The van der Waals surface area contributed by atoms with E-state index >= 15 is 4.39 Å². The lowest BCUT2D eigenvalue weighted by atomic mass is 9.78. The first kappa shape index (κ1) is 19.0. The highest BCUT2D eigenvalue weighted by Gasteiger charge is 2.52. The highest BCUT2D eigenvalue weighted by Crippen LogP contribution is 2.43. The first-order valence-corrected chi connectivity index (χ1v) is 8.40. The average molecular weight is 395 g/mol. The molecule has 0 radical (unpaired) electrons. The molecule has 1 aliphatic rings. The topological polar surface area (TPSA) is 89.6 Å². The van der Waals surface area contributed by atoms with E-state index in [0.717, 1.165) is 6.07 Å². The van der Waals surface area contributed by atoms with Crippen molar-refractivity contribution in [1.29, 1.82) is 0 Å². The number of pyridine rings is 1. The van der Waals surface area contributed by atoms with E-state index in [0.29, 0.717) is 5.02 Å². The summed E-state index contributed by atoms with van der Waals surface area (Å²) in [6, 6.07) is 6.55. The first-order valence-electron chi connectivity index (χ1n) is 8.02. The van der Waals surface area contributed by atoms with E-state index in [2.05, 4.69) is 15.3 Å². The molecule has 2 atom stereocenters. The summed E-state index contributed by atoms with van der Waals surface area (Å²) < 4.78 is 34.6. The van der Waals surface area contributed by atoms with Gasteiger partial charge < -0.3 is 15.8 Å². The molecular weight excluding hydrogens is 378 g/mol. The zero-order valence-corrected chi connectivity index (χ0v) is 15.3. The minimum atomic E-state index is -2.02. The fourth-order valence-corrected chi connectivity index (χ4v) is 2.85. The van der Waals surface area contributed by atoms with Crippen LogP contribution in [0.2, 0.25) is 5.02 Å². The van der Waals surface area contributed by atoms with Crippen LogP contribution in [0.4, 0.5) is 14.5 Å². The summed E-state index contributed by atoms with van der Waals surface area (Å²) in [5, 5.41) is 2.99. The minimum Gasteiger partial charge on any atom is -0.462 e. The van der Waals surface area contributed by atoms with Gasteiger partial charge in [-0.1, -0.05) is 11.6 Å². The number of ether oxygens (including phenoxy) is 1. The van der Waals surface area contributed by atoms with Gasteiger partial charge in [-0.25, -0.2) is 18.8 Å². The number of anilines is 1. The van der Waals surface area contributed by atoms with Gasteiger partial charge in [0.2, 0.25) is 0 Å². The number of rotatable bonds is 3.